The Labute approximate surface area is 86.3 Å². The zero-order chi connectivity index (χ0) is 8.55. The van der Waals surface area contributed by atoms with Crippen LogP contribution in [0.25, 0.3) is 0 Å². The van der Waals surface area contributed by atoms with Crippen molar-refractivity contribution in [2.75, 3.05) is 6.61 Å². The first kappa shape index (κ1) is 10.3. The molecule has 0 unspecified atom stereocenters. The van der Waals surface area contributed by atoms with Crippen LogP contribution in [0.4, 0.5) is 0 Å². The van der Waals surface area contributed by atoms with Crippen molar-refractivity contribution in [3.8, 4) is 0 Å². The number of oxazole rings is 1. The van der Waals surface area contributed by atoms with Gasteiger partial charge in [-0.15, -0.1) is 0 Å². The quantitative estimate of drug-likeness (QED) is 0.408. The third-order valence-corrected chi connectivity index (χ3v) is 1.67. The average Bonchev–Trinajstić information content (AvgIpc) is 2.46. The van der Waals surface area contributed by atoms with E-state index in [0.29, 0.717) is 31.1 Å². The van der Waals surface area contributed by atoms with Gasteiger partial charge in [-0.05, 0) is 0 Å². The van der Waals surface area contributed by atoms with Gasteiger partial charge in [-0.25, -0.2) is 4.98 Å². The predicted molar refractivity (Wildman–Crippen MR) is 34.2 cm³/mol. The van der Waals surface area contributed by atoms with Crippen LogP contribution in [-0.2, 0) is 17.8 Å². The Balaban J connectivity index is 0.000000845. The molecule has 2 rings (SSSR count). The van der Waals surface area contributed by atoms with Gasteiger partial charge in [-0.3, -0.25) is 0 Å². The summed E-state index contributed by atoms with van der Waals surface area (Å²) in [4.78, 5) is 14.0. The summed E-state index contributed by atoms with van der Waals surface area (Å²) in [6.07, 6.45) is 0.579. The van der Waals surface area contributed by atoms with Gasteiger partial charge in [0.05, 0.1) is 13.2 Å². The summed E-state index contributed by atoms with van der Waals surface area (Å²) in [5, 5.41) is 10.3. The summed E-state index contributed by atoms with van der Waals surface area (Å²) in [6.45, 7) is 0.876. The molecule has 0 saturated carbocycles. The molecule has 0 fully saturated rings. The number of ether oxygens (including phenoxy) is 1. The number of carbonyl (C=O) groups is 1. The summed E-state index contributed by atoms with van der Waals surface area (Å²) in [5.74, 6) is -1.14. The molecule has 2 heterocycles. The zero-order valence-corrected chi connectivity index (χ0v) is 7.20. The fraction of sp³-hybridized carbons (Fsp3) is 0.429. The van der Waals surface area contributed by atoms with Gasteiger partial charge in [-0.2, -0.15) is 0 Å². The SMILES string of the molecule is O=C([O-])c1nc2c(o1)CCOC2.[Li+]. The van der Waals surface area contributed by atoms with Crippen molar-refractivity contribution in [2.45, 2.75) is 13.0 Å². The molecule has 13 heavy (non-hydrogen) atoms. The molecule has 0 radical (unpaired) electrons. The standard InChI is InChI=1S/C7H7NO4.Li/c9-7(10)6-8-4-3-11-2-1-5(4)12-6;/h1-3H2,(H,9,10);/q;+1/p-1. The van der Waals surface area contributed by atoms with Crippen LogP contribution in [-0.4, -0.2) is 17.6 Å². The van der Waals surface area contributed by atoms with Crippen molar-refractivity contribution in [2.24, 2.45) is 0 Å². The van der Waals surface area contributed by atoms with Crippen LogP contribution < -0.4 is 24.0 Å². The summed E-state index contributed by atoms with van der Waals surface area (Å²) >= 11 is 0. The van der Waals surface area contributed by atoms with E-state index >= 15 is 0 Å². The third kappa shape index (κ3) is 1.94. The van der Waals surface area contributed by atoms with Gasteiger partial charge in [0.25, 0.3) is 0 Å². The molecule has 0 atom stereocenters. The Morgan fingerprint density at radius 2 is 2.31 bits per heavy atom. The van der Waals surface area contributed by atoms with Crippen molar-refractivity contribution in [1.29, 1.82) is 0 Å². The van der Waals surface area contributed by atoms with Crippen molar-refractivity contribution in [1.82, 2.24) is 4.98 Å². The van der Waals surface area contributed by atoms with E-state index in [9.17, 15) is 9.90 Å². The Morgan fingerprint density at radius 1 is 1.54 bits per heavy atom. The van der Waals surface area contributed by atoms with E-state index < -0.39 is 5.97 Å². The Bertz CT molecular complexity index is 299. The van der Waals surface area contributed by atoms with Crippen LogP contribution in [0, 0.1) is 0 Å². The van der Waals surface area contributed by atoms with Crippen LogP contribution in [0.15, 0.2) is 4.42 Å². The topological polar surface area (TPSA) is 75.4 Å². The number of carboxylic acids is 1. The fourth-order valence-corrected chi connectivity index (χ4v) is 1.11. The number of fused-ring (bicyclic) bond motifs is 1. The molecular weight excluding hydrogens is 169 g/mol. The molecule has 6 heteroatoms. The number of carboxylic acid groups (broad SMARTS) is 1. The van der Waals surface area contributed by atoms with Crippen molar-refractivity contribution < 1.29 is 37.9 Å². The molecular formula is C7H6LiNO4. The van der Waals surface area contributed by atoms with E-state index in [1.54, 1.807) is 0 Å². The van der Waals surface area contributed by atoms with Crippen molar-refractivity contribution in [3.63, 3.8) is 0 Å². The molecule has 5 nitrogen and oxygen atoms in total. The molecule has 1 aliphatic heterocycles. The summed E-state index contributed by atoms with van der Waals surface area (Å²) < 4.78 is 9.97. The van der Waals surface area contributed by atoms with Crippen LogP contribution >= 0.6 is 0 Å². The van der Waals surface area contributed by atoms with Gasteiger partial charge in [0, 0.05) is 6.42 Å². The monoisotopic (exact) mass is 175 g/mol. The molecule has 0 amide bonds. The van der Waals surface area contributed by atoms with E-state index in [0.717, 1.165) is 0 Å². The third-order valence-electron chi connectivity index (χ3n) is 1.67. The molecule has 1 aromatic rings. The number of aromatic carboxylic acids is 1. The molecule has 0 spiro atoms. The van der Waals surface area contributed by atoms with Crippen LogP contribution in [0.5, 0.6) is 0 Å². The number of aromatic nitrogens is 1. The van der Waals surface area contributed by atoms with E-state index in [4.69, 9.17) is 9.15 Å². The van der Waals surface area contributed by atoms with Crippen molar-refractivity contribution in [3.05, 3.63) is 17.3 Å². The maximum absolute atomic E-state index is 10.3. The minimum atomic E-state index is -1.38. The van der Waals surface area contributed by atoms with Crippen LogP contribution in [0.3, 0.4) is 0 Å². The molecule has 0 aliphatic carbocycles. The smallest absolute Gasteiger partial charge is 0.540 e. The average molecular weight is 175 g/mol. The number of nitrogens with zero attached hydrogens (tertiary/aromatic N) is 1. The summed E-state index contributed by atoms with van der Waals surface area (Å²) in [5.41, 5.74) is 0.570. The second kappa shape index (κ2) is 3.96. The second-order valence-corrected chi connectivity index (χ2v) is 2.48. The van der Waals surface area contributed by atoms with Crippen LogP contribution in [0.2, 0.25) is 0 Å². The van der Waals surface area contributed by atoms with E-state index in [1.165, 1.54) is 0 Å². The largest absolute Gasteiger partial charge is 1.00 e. The van der Waals surface area contributed by atoms with E-state index in [2.05, 4.69) is 4.98 Å². The van der Waals surface area contributed by atoms with Gasteiger partial charge >= 0.3 is 18.9 Å². The summed E-state index contributed by atoms with van der Waals surface area (Å²) in [6, 6.07) is 0. The molecule has 0 bridgehead atoms. The Morgan fingerprint density at radius 3 is 2.92 bits per heavy atom. The molecule has 1 aromatic heterocycles. The number of carbonyl (C=O) groups excluding carboxylic acids is 1. The normalized spacial score (nSPS) is 14.5. The van der Waals surface area contributed by atoms with Gasteiger partial charge < -0.3 is 19.1 Å². The minimum absolute atomic E-state index is 0. The first-order valence-corrected chi connectivity index (χ1v) is 3.55. The van der Waals surface area contributed by atoms with Crippen molar-refractivity contribution >= 4 is 5.97 Å². The molecule has 0 aromatic carbocycles. The van der Waals surface area contributed by atoms with Gasteiger partial charge in [-0.1, -0.05) is 0 Å². The van der Waals surface area contributed by atoms with E-state index in [1.807, 2.05) is 0 Å². The number of hydrogen-bond donors (Lipinski definition) is 0. The molecule has 0 N–H and O–H groups in total. The summed E-state index contributed by atoms with van der Waals surface area (Å²) in [7, 11) is 0. The minimum Gasteiger partial charge on any atom is -0.540 e. The van der Waals surface area contributed by atoms with Gasteiger partial charge in [0.2, 0.25) is 5.89 Å². The first-order valence-electron chi connectivity index (χ1n) is 3.55. The predicted octanol–water partition coefficient (Wildman–Crippen LogP) is -3.89. The number of hydrogen-bond acceptors (Lipinski definition) is 5. The molecule has 64 valence electrons. The Hall–Kier alpha value is -0.763. The van der Waals surface area contributed by atoms with Crippen LogP contribution in [0.1, 0.15) is 22.1 Å². The molecule has 0 saturated heterocycles. The van der Waals surface area contributed by atoms with Gasteiger partial charge in [0.1, 0.15) is 17.4 Å². The Kier molecular flexibility index (Phi) is 3.15. The maximum Gasteiger partial charge on any atom is 1.00 e. The zero-order valence-electron chi connectivity index (χ0n) is 7.20. The second-order valence-electron chi connectivity index (χ2n) is 2.48. The fourth-order valence-electron chi connectivity index (χ4n) is 1.11. The van der Waals surface area contributed by atoms with E-state index in [-0.39, 0.29) is 24.8 Å². The maximum atomic E-state index is 10.3. The number of rotatable bonds is 1. The van der Waals surface area contributed by atoms with Gasteiger partial charge in [0.15, 0.2) is 0 Å². The first-order chi connectivity index (χ1) is 5.77. The molecule has 1 aliphatic rings.